The van der Waals surface area contributed by atoms with Crippen LogP contribution in [0.5, 0.6) is 0 Å². The van der Waals surface area contributed by atoms with Crippen LogP contribution < -0.4 is 5.32 Å². The van der Waals surface area contributed by atoms with Crippen LogP contribution in [0.4, 0.5) is 0 Å². The van der Waals surface area contributed by atoms with Gasteiger partial charge < -0.3 is 14.3 Å². The first-order chi connectivity index (χ1) is 8.60. The molecule has 18 heavy (non-hydrogen) atoms. The van der Waals surface area contributed by atoms with E-state index in [-0.39, 0.29) is 23.9 Å². The Bertz CT molecular complexity index is 417. The lowest BCUT2D eigenvalue weighted by molar-refractivity contribution is 0.0555. The molecular formula is C13H19NO4. The number of esters is 1. The Balaban J connectivity index is 2.02. The second kappa shape index (κ2) is 5.12. The molecule has 1 heterocycles. The molecular weight excluding hydrogens is 234 g/mol. The molecule has 1 unspecified atom stereocenters. The molecule has 2 rings (SSSR count). The van der Waals surface area contributed by atoms with E-state index in [9.17, 15) is 9.90 Å². The molecule has 0 aliphatic heterocycles. The van der Waals surface area contributed by atoms with Crippen molar-refractivity contribution in [2.45, 2.75) is 37.8 Å². The Labute approximate surface area is 106 Å². The number of carbonyl (C=O) groups is 1. The van der Waals surface area contributed by atoms with E-state index in [0.29, 0.717) is 5.76 Å². The van der Waals surface area contributed by atoms with Crippen molar-refractivity contribution in [1.29, 1.82) is 0 Å². The van der Waals surface area contributed by atoms with E-state index < -0.39 is 5.97 Å². The van der Waals surface area contributed by atoms with Gasteiger partial charge in [-0.3, -0.25) is 5.32 Å². The first-order valence-electron chi connectivity index (χ1n) is 6.17. The lowest BCUT2D eigenvalue weighted by Crippen LogP contribution is -2.54. The fraction of sp³-hybridized carbons (Fsp3) is 0.615. The van der Waals surface area contributed by atoms with Crippen molar-refractivity contribution in [2.24, 2.45) is 0 Å². The van der Waals surface area contributed by atoms with Crippen molar-refractivity contribution in [1.82, 2.24) is 5.32 Å². The van der Waals surface area contributed by atoms with Crippen molar-refractivity contribution < 1.29 is 19.1 Å². The van der Waals surface area contributed by atoms with Gasteiger partial charge in [0, 0.05) is 5.54 Å². The van der Waals surface area contributed by atoms with Crippen LogP contribution in [0.15, 0.2) is 16.5 Å². The maximum Gasteiger partial charge on any atom is 0.373 e. The molecule has 1 aliphatic rings. The second-order valence-corrected chi connectivity index (χ2v) is 4.85. The fourth-order valence-corrected chi connectivity index (χ4v) is 2.28. The first-order valence-corrected chi connectivity index (χ1v) is 6.17. The van der Waals surface area contributed by atoms with Crippen LogP contribution in [0.2, 0.25) is 0 Å². The Morgan fingerprint density at radius 1 is 1.61 bits per heavy atom. The number of nitrogens with one attached hydrogen (secondary N) is 1. The number of aliphatic hydroxyl groups is 1. The zero-order valence-electron chi connectivity index (χ0n) is 10.7. The molecule has 1 atom stereocenters. The molecule has 0 radical (unpaired) electrons. The number of furan rings is 1. The molecule has 1 aliphatic carbocycles. The molecule has 5 nitrogen and oxygen atoms in total. The normalized spacial score (nSPS) is 19.1. The number of hydrogen-bond donors (Lipinski definition) is 2. The molecule has 2 N–H and O–H groups in total. The summed E-state index contributed by atoms with van der Waals surface area (Å²) in [6.45, 7) is 2.08. The lowest BCUT2D eigenvalue weighted by Gasteiger charge is -2.42. The Hall–Kier alpha value is -1.33. The zero-order valence-corrected chi connectivity index (χ0v) is 10.7. The molecule has 5 heteroatoms. The summed E-state index contributed by atoms with van der Waals surface area (Å²) >= 11 is 0. The Morgan fingerprint density at radius 3 is 2.83 bits per heavy atom. The van der Waals surface area contributed by atoms with Crippen LogP contribution in [-0.2, 0) is 4.74 Å². The Morgan fingerprint density at radius 2 is 2.33 bits per heavy atom. The van der Waals surface area contributed by atoms with Crippen molar-refractivity contribution in [2.75, 3.05) is 13.7 Å². The predicted octanol–water partition coefficient (Wildman–Crippen LogP) is 1.63. The number of rotatable bonds is 5. The maximum atomic E-state index is 11.3. The van der Waals surface area contributed by atoms with Crippen molar-refractivity contribution in [3.8, 4) is 0 Å². The Kier molecular flexibility index (Phi) is 3.73. The van der Waals surface area contributed by atoms with Crippen LogP contribution in [0.3, 0.4) is 0 Å². The highest BCUT2D eigenvalue weighted by atomic mass is 16.5. The smallest absolute Gasteiger partial charge is 0.373 e. The van der Waals surface area contributed by atoms with Crippen LogP contribution in [-0.4, -0.2) is 30.3 Å². The van der Waals surface area contributed by atoms with Gasteiger partial charge >= 0.3 is 5.97 Å². The third-order valence-corrected chi connectivity index (χ3v) is 3.58. The number of methoxy groups -OCH3 is 1. The molecule has 0 spiro atoms. The van der Waals surface area contributed by atoms with E-state index in [4.69, 9.17) is 4.42 Å². The number of aliphatic hydroxyl groups excluding tert-OH is 1. The van der Waals surface area contributed by atoms with Gasteiger partial charge in [0.15, 0.2) is 0 Å². The van der Waals surface area contributed by atoms with Gasteiger partial charge in [0.2, 0.25) is 5.76 Å². The molecule has 1 aromatic rings. The lowest BCUT2D eigenvalue weighted by atomic mass is 9.77. The first kappa shape index (κ1) is 13.1. The second-order valence-electron chi connectivity index (χ2n) is 4.85. The summed E-state index contributed by atoms with van der Waals surface area (Å²) in [5, 5.41) is 12.8. The van der Waals surface area contributed by atoms with Gasteiger partial charge in [-0.1, -0.05) is 0 Å². The standard InChI is InChI=1S/C13H19NO4/c1-9(14-13(8-15)6-3-7-13)10-4-5-11(18-10)12(16)17-2/h4-5,9,14-15H,3,6-8H2,1-2H3. The topological polar surface area (TPSA) is 71.7 Å². The van der Waals surface area contributed by atoms with Crippen LogP contribution in [0.1, 0.15) is 48.5 Å². The third kappa shape index (κ3) is 2.42. The van der Waals surface area contributed by atoms with Crippen molar-refractivity contribution >= 4 is 5.97 Å². The number of carbonyl (C=O) groups excluding carboxylic acids is 1. The summed E-state index contributed by atoms with van der Waals surface area (Å²) in [5.41, 5.74) is -0.183. The summed E-state index contributed by atoms with van der Waals surface area (Å²) in [7, 11) is 1.32. The molecule has 0 bridgehead atoms. The quantitative estimate of drug-likeness (QED) is 0.780. The van der Waals surface area contributed by atoms with E-state index in [2.05, 4.69) is 10.1 Å². The molecule has 0 amide bonds. The molecule has 1 aromatic heterocycles. The van der Waals surface area contributed by atoms with Gasteiger partial charge in [0.25, 0.3) is 0 Å². The molecule has 0 aromatic carbocycles. The summed E-state index contributed by atoms with van der Waals surface area (Å²) in [4.78, 5) is 11.3. The summed E-state index contributed by atoms with van der Waals surface area (Å²) < 4.78 is 10.0. The van der Waals surface area contributed by atoms with E-state index in [0.717, 1.165) is 19.3 Å². The number of hydrogen-bond acceptors (Lipinski definition) is 5. The maximum absolute atomic E-state index is 11.3. The van der Waals surface area contributed by atoms with E-state index in [1.54, 1.807) is 12.1 Å². The minimum Gasteiger partial charge on any atom is -0.463 e. The van der Waals surface area contributed by atoms with Crippen LogP contribution in [0.25, 0.3) is 0 Å². The number of ether oxygens (including phenoxy) is 1. The minimum atomic E-state index is -0.478. The van der Waals surface area contributed by atoms with Gasteiger partial charge in [-0.25, -0.2) is 4.79 Å². The average molecular weight is 253 g/mol. The fourth-order valence-electron chi connectivity index (χ4n) is 2.28. The monoisotopic (exact) mass is 253 g/mol. The highest BCUT2D eigenvalue weighted by Gasteiger charge is 2.37. The van der Waals surface area contributed by atoms with E-state index >= 15 is 0 Å². The summed E-state index contributed by atoms with van der Waals surface area (Å²) in [6, 6.07) is 3.32. The minimum absolute atomic E-state index is 0.0455. The third-order valence-electron chi connectivity index (χ3n) is 3.58. The van der Waals surface area contributed by atoms with E-state index in [1.165, 1.54) is 7.11 Å². The highest BCUT2D eigenvalue weighted by molar-refractivity contribution is 5.86. The largest absolute Gasteiger partial charge is 0.463 e. The van der Waals surface area contributed by atoms with Gasteiger partial charge in [-0.2, -0.15) is 0 Å². The summed E-state index contributed by atoms with van der Waals surface area (Å²) in [6.07, 6.45) is 3.07. The SMILES string of the molecule is COC(=O)c1ccc(C(C)NC2(CO)CCC2)o1. The zero-order chi connectivity index (χ0) is 13.2. The van der Waals surface area contributed by atoms with Gasteiger partial charge in [-0.15, -0.1) is 0 Å². The van der Waals surface area contributed by atoms with E-state index in [1.807, 2.05) is 6.92 Å². The predicted molar refractivity (Wildman–Crippen MR) is 65.3 cm³/mol. The molecule has 100 valence electrons. The van der Waals surface area contributed by atoms with Crippen LogP contribution >= 0.6 is 0 Å². The molecule has 0 saturated heterocycles. The van der Waals surface area contributed by atoms with Crippen LogP contribution in [0, 0.1) is 0 Å². The van der Waals surface area contributed by atoms with Gasteiger partial charge in [-0.05, 0) is 38.3 Å². The average Bonchev–Trinajstić information content (AvgIpc) is 2.82. The van der Waals surface area contributed by atoms with Crippen molar-refractivity contribution in [3.05, 3.63) is 23.7 Å². The van der Waals surface area contributed by atoms with Crippen molar-refractivity contribution in [3.63, 3.8) is 0 Å². The summed E-state index contributed by atoms with van der Waals surface area (Å²) in [5.74, 6) is 0.400. The highest BCUT2D eigenvalue weighted by Crippen LogP contribution is 2.34. The van der Waals surface area contributed by atoms with Gasteiger partial charge in [0.1, 0.15) is 5.76 Å². The molecule has 1 saturated carbocycles. The molecule has 1 fully saturated rings. The van der Waals surface area contributed by atoms with Gasteiger partial charge in [0.05, 0.1) is 19.8 Å².